The molecular formula is C23H30N2O4S2. The van der Waals surface area contributed by atoms with Crippen LogP contribution in [0.5, 0.6) is 5.75 Å². The normalized spacial score (nSPS) is 20.2. The number of piperidine rings is 1. The van der Waals surface area contributed by atoms with Crippen LogP contribution in [-0.4, -0.2) is 56.3 Å². The predicted octanol–water partition coefficient (Wildman–Crippen LogP) is 3.71. The molecule has 3 heterocycles. The molecule has 0 radical (unpaired) electrons. The Balaban J connectivity index is 1.40. The molecule has 0 bridgehead atoms. The lowest BCUT2D eigenvalue weighted by Crippen LogP contribution is -2.37. The zero-order chi connectivity index (χ0) is 21.8. The Kier molecular flexibility index (Phi) is 6.99. The lowest BCUT2D eigenvalue weighted by atomic mass is 10.0. The van der Waals surface area contributed by atoms with Crippen LogP contribution in [0, 0.1) is 0 Å². The van der Waals surface area contributed by atoms with Crippen molar-refractivity contribution < 1.29 is 17.9 Å². The number of ether oxygens (including phenoxy) is 1. The fraction of sp³-hybridized carbons (Fsp3) is 0.522. The second-order valence-corrected chi connectivity index (χ2v) is 11.6. The SMILES string of the molecule is COc1cccc(CC2CCCN2C(=O)Cc2ccc(S(=O)(=O)N3CCCCC3)s2)c1. The second kappa shape index (κ2) is 9.71. The molecule has 2 aromatic rings. The first kappa shape index (κ1) is 22.3. The van der Waals surface area contributed by atoms with E-state index in [0.717, 1.165) is 61.3 Å². The summed E-state index contributed by atoms with van der Waals surface area (Å²) in [5, 5.41) is 0. The van der Waals surface area contributed by atoms with E-state index in [2.05, 4.69) is 6.07 Å². The molecule has 0 spiro atoms. The number of hydrogen-bond acceptors (Lipinski definition) is 5. The van der Waals surface area contributed by atoms with Crippen LogP contribution in [0.15, 0.2) is 40.6 Å². The summed E-state index contributed by atoms with van der Waals surface area (Å²) >= 11 is 1.24. The van der Waals surface area contributed by atoms with Gasteiger partial charge in [-0.2, -0.15) is 4.31 Å². The molecule has 2 aliphatic heterocycles. The Hall–Kier alpha value is -1.90. The van der Waals surface area contributed by atoms with Gasteiger partial charge in [-0.25, -0.2) is 8.42 Å². The Morgan fingerprint density at radius 2 is 1.90 bits per heavy atom. The number of thiophene rings is 1. The minimum Gasteiger partial charge on any atom is -0.497 e. The Bertz CT molecular complexity index is 1010. The summed E-state index contributed by atoms with van der Waals surface area (Å²) in [6, 6.07) is 11.6. The summed E-state index contributed by atoms with van der Waals surface area (Å²) in [4.78, 5) is 15.8. The van der Waals surface area contributed by atoms with Gasteiger partial charge in [-0.15, -0.1) is 11.3 Å². The van der Waals surface area contributed by atoms with Gasteiger partial charge in [-0.05, 0) is 61.9 Å². The molecule has 1 aromatic heterocycles. The highest BCUT2D eigenvalue weighted by Gasteiger charge is 2.30. The number of sulfonamides is 1. The van der Waals surface area contributed by atoms with Crippen molar-refractivity contribution in [3.05, 3.63) is 46.8 Å². The first-order chi connectivity index (χ1) is 15.0. The standard InChI is InChI=1S/C23H30N2O4S2/c1-29-20-9-5-7-18(16-20)15-19-8-6-14-25(19)22(26)17-21-10-11-23(30-21)31(27,28)24-12-3-2-4-13-24/h5,7,9-11,16,19H,2-4,6,8,12-15,17H2,1H3. The van der Waals surface area contributed by atoms with Gasteiger partial charge >= 0.3 is 0 Å². The van der Waals surface area contributed by atoms with Gasteiger partial charge < -0.3 is 9.64 Å². The maximum atomic E-state index is 13.0. The first-order valence-corrected chi connectivity index (χ1v) is 13.2. The zero-order valence-corrected chi connectivity index (χ0v) is 19.6. The predicted molar refractivity (Wildman–Crippen MR) is 122 cm³/mol. The van der Waals surface area contributed by atoms with Gasteiger partial charge in [0.1, 0.15) is 9.96 Å². The van der Waals surface area contributed by atoms with Gasteiger partial charge in [0.15, 0.2) is 0 Å². The van der Waals surface area contributed by atoms with Crippen molar-refractivity contribution in [3.63, 3.8) is 0 Å². The Morgan fingerprint density at radius 1 is 1.10 bits per heavy atom. The molecule has 2 saturated heterocycles. The number of methoxy groups -OCH3 is 1. The third-order valence-corrected chi connectivity index (χ3v) is 9.63. The van der Waals surface area contributed by atoms with E-state index in [9.17, 15) is 13.2 Å². The van der Waals surface area contributed by atoms with E-state index in [0.29, 0.717) is 17.3 Å². The van der Waals surface area contributed by atoms with Crippen LogP contribution in [0.4, 0.5) is 0 Å². The third-order valence-electron chi connectivity index (χ3n) is 6.17. The smallest absolute Gasteiger partial charge is 0.252 e. The van der Waals surface area contributed by atoms with E-state index in [1.807, 2.05) is 23.1 Å². The van der Waals surface area contributed by atoms with Crippen LogP contribution in [0.25, 0.3) is 0 Å². The molecule has 0 aliphatic carbocycles. The largest absolute Gasteiger partial charge is 0.497 e. The molecule has 2 fully saturated rings. The van der Waals surface area contributed by atoms with E-state index in [1.165, 1.54) is 11.3 Å². The van der Waals surface area contributed by atoms with E-state index >= 15 is 0 Å². The molecule has 31 heavy (non-hydrogen) atoms. The fourth-order valence-electron chi connectivity index (χ4n) is 4.52. The van der Waals surface area contributed by atoms with Gasteiger partial charge in [0.05, 0.1) is 13.5 Å². The minimum absolute atomic E-state index is 0.0779. The summed E-state index contributed by atoms with van der Waals surface area (Å²) in [5.74, 6) is 0.906. The average Bonchev–Trinajstić information content (AvgIpc) is 3.44. The van der Waals surface area contributed by atoms with Crippen LogP contribution in [-0.2, 0) is 27.7 Å². The first-order valence-electron chi connectivity index (χ1n) is 11.0. The number of hydrogen-bond donors (Lipinski definition) is 0. The highest BCUT2D eigenvalue weighted by atomic mass is 32.2. The van der Waals surface area contributed by atoms with Gasteiger partial charge in [-0.3, -0.25) is 4.79 Å². The quantitative estimate of drug-likeness (QED) is 0.629. The molecule has 6 nitrogen and oxygen atoms in total. The minimum atomic E-state index is -3.44. The highest BCUT2D eigenvalue weighted by Crippen LogP contribution is 2.29. The summed E-state index contributed by atoms with van der Waals surface area (Å²) in [7, 11) is -1.78. The number of likely N-dealkylation sites (tertiary alicyclic amines) is 1. The van der Waals surface area contributed by atoms with Crippen molar-refractivity contribution in [2.75, 3.05) is 26.7 Å². The van der Waals surface area contributed by atoms with Gasteiger partial charge in [0, 0.05) is 30.6 Å². The highest BCUT2D eigenvalue weighted by molar-refractivity contribution is 7.91. The summed E-state index contributed by atoms with van der Waals surface area (Å²) < 4.78 is 33.0. The molecule has 8 heteroatoms. The maximum absolute atomic E-state index is 13.0. The molecule has 1 atom stereocenters. The Labute approximate surface area is 188 Å². The zero-order valence-electron chi connectivity index (χ0n) is 18.0. The molecule has 2 aliphatic rings. The lowest BCUT2D eigenvalue weighted by Gasteiger charge is -2.25. The maximum Gasteiger partial charge on any atom is 0.252 e. The van der Waals surface area contributed by atoms with E-state index in [1.54, 1.807) is 23.5 Å². The van der Waals surface area contributed by atoms with Crippen LogP contribution in [0.1, 0.15) is 42.5 Å². The fourth-order valence-corrected chi connectivity index (χ4v) is 7.54. The van der Waals surface area contributed by atoms with Crippen LogP contribution >= 0.6 is 11.3 Å². The number of carbonyl (C=O) groups is 1. The van der Waals surface area contributed by atoms with Gasteiger partial charge in [0.2, 0.25) is 5.91 Å². The molecule has 1 aromatic carbocycles. The molecule has 1 unspecified atom stereocenters. The van der Waals surface area contributed by atoms with Crippen molar-refractivity contribution in [3.8, 4) is 5.75 Å². The molecule has 0 saturated carbocycles. The number of nitrogens with zero attached hydrogens (tertiary/aromatic N) is 2. The van der Waals surface area contributed by atoms with Gasteiger partial charge in [0.25, 0.3) is 10.0 Å². The van der Waals surface area contributed by atoms with Crippen molar-refractivity contribution >= 4 is 27.3 Å². The van der Waals surface area contributed by atoms with E-state index in [-0.39, 0.29) is 18.4 Å². The van der Waals surface area contributed by atoms with Crippen molar-refractivity contribution in [2.24, 2.45) is 0 Å². The van der Waals surface area contributed by atoms with Crippen molar-refractivity contribution in [1.29, 1.82) is 0 Å². The topological polar surface area (TPSA) is 66.9 Å². The number of amides is 1. The van der Waals surface area contributed by atoms with Gasteiger partial charge in [-0.1, -0.05) is 18.6 Å². The van der Waals surface area contributed by atoms with Crippen LogP contribution < -0.4 is 4.74 Å². The number of benzene rings is 1. The van der Waals surface area contributed by atoms with Crippen LogP contribution in [0.3, 0.4) is 0 Å². The van der Waals surface area contributed by atoms with E-state index < -0.39 is 10.0 Å². The molecule has 1 amide bonds. The van der Waals surface area contributed by atoms with Crippen molar-refractivity contribution in [1.82, 2.24) is 9.21 Å². The van der Waals surface area contributed by atoms with E-state index in [4.69, 9.17) is 4.74 Å². The summed E-state index contributed by atoms with van der Waals surface area (Å²) in [5.41, 5.74) is 1.16. The third kappa shape index (κ3) is 5.13. The number of carbonyl (C=O) groups excluding carboxylic acids is 1. The van der Waals surface area contributed by atoms with Crippen molar-refractivity contribution in [2.45, 2.75) is 55.2 Å². The molecule has 0 N–H and O–H groups in total. The monoisotopic (exact) mass is 462 g/mol. The molecular weight excluding hydrogens is 432 g/mol. The summed E-state index contributed by atoms with van der Waals surface area (Å²) in [6.07, 6.45) is 5.97. The second-order valence-electron chi connectivity index (χ2n) is 8.30. The number of rotatable bonds is 7. The molecule has 4 rings (SSSR count). The molecule has 168 valence electrons. The summed E-state index contributed by atoms with van der Waals surface area (Å²) in [6.45, 7) is 1.94. The lowest BCUT2D eigenvalue weighted by molar-refractivity contribution is -0.131. The Morgan fingerprint density at radius 3 is 2.68 bits per heavy atom. The van der Waals surface area contributed by atoms with Crippen LogP contribution in [0.2, 0.25) is 0 Å². The average molecular weight is 463 g/mol.